The van der Waals surface area contributed by atoms with Gasteiger partial charge < -0.3 is 9.72 Å². The van der Waals surface area contributed by atoms with E-state index in [1.165, 1.54) is 12.3 Å². The van der Waals surface area contributed by atoms with Crippen LogP contribution >= 0.6 is 15.9 Å². The molecule has 2 heterocycles. The van der Waals surface area contributed by atoms with Gasteiger partial charge in [-0.2, -0.15) is 0 Å². The lowest BCUT2D eigenvalue weighted by Crippen LogP contribution is -2.22. The Morgan fingerprint density at radius 3 is 2.71 bits per heavy atom. The maximum absolute atomic E-state index is 13.1. The smallest absolute Gasteiger partial charge is 0.251 e. The Bertz CT molecular complexity index is 798. The Balaban J connectivity index is 1.71. The van der Waals surface area contributed by atoms with Crippen molar-refractivity contribution in [1.29, 1.82) is 0 Å². The molecule has 21 heavy (non-hydrogen) atoms. The van der Waals surface area contributed by atoms with Crippen LogP contribution in [0.15, 0.2) is 53.3 Å². The van der Waals surface area contributed by atoms with Crippen LogP contribution in [0.3, 0.4) is 0 Å². The fourth-order valence-corrected chi connectivity index (χ4v) is 2.24. The Hall–Kier alpha value is -2.21. The third-order valence-electron chi connectivity index (χ3n) is 3.00. The minimum atomic E-state index is -0.328. The number of hydrogen-bond acceptors (Lipinski definition) is 2. The van der Waals surface area contributed by atoms with Crippen LogP contribution in [0.2, 0.25) is 0 Å². The molecule has 0 saturated heterocycles. The number of pyridine rings is 1. The van der Waals surface area contributed by atoms with Crippen molar-refractivity contribution in [3.05, 3.63) is 70.3 Å². The van der Waals surface area contributed by atoms with Crippen LogP contribution in [0, 0.1) is 5.82 Å². The van der Waals surface area contributed by atoms with Crippen molar-refractivity contribution in [2.24, 2.45) is 0 Å². The molecular formula is C15H11BrFN3O. The van der Waals surface area contributed by atoms with E-state index in [-0.39, 0.29) is 18.3 Å². The number of rotatable bonds is 3. The highest BCUT2D eigenvalue weighted by molar-refractivity contribution is 9.10. The molecule has 6 heteroatoms. The van der Waals surface area contributed by atoms with Crippen molar-refractivity contribution in [2.45, 2.75) is 6.54 Å². The molecule has 0 unspecified atom stereocenters. The zero-order valence-electron chi connectivity index (χ0n) is 10.9. The average Bonchev–Trinajstić information content (AvgIpc) is 2.87. The summed E-state index contributed by atoms with van der Waals surface area (Å²) < 4.78 is 15.6. The van der Waals surface area contributed by atoms with Gasteiger partial charge in [0.2, 0.25) is 0 Å². The molecule has 0 spiro atoms. The van der Waals surface area contributed by atoms with Gasteiger partial charge in [-0.15, -0.1) is 0 Å². The van der Waals surface area contributed by atoms with Gasteiger partial charge in [0, 0.05) is 22.4 Å². The second kappa shape index (κ2) is 5.65. The molecular weight excluding hydrogens is 337 g/mol. The van der Waals surface area contributed by atoms with Crippen molar-refractivity contribution in [2.75, 3.05) is 0 Å². The highest BCUT2D eigenvalue weighted by Crippen LogP contribution is 2.11. The van der Waals surface area contributed by atoms with Crippen molar-refractivity contribution in [3.8, 4) is 0 Å². The molecule has 0 radical (unpaired) electrons. The van der Waals surface area contributed by atoms with Crippen molar-refractivity contribution < 1.29 is 9.18 Å². The Morgan fingerprint density at radius 1 is 1.19 bits per heavy atom. The molecule has 0 saturated carbocycles. The topological polar surface area (TPSA) is 46.4 Å². The van der Waals surface area contributed by atoms with Crippen LogP contribution in [-0.4, -0.2) is 15.3 Å². The van der Waals surface area contributed by atoms with E-state index in [2.05, 4.69) is 26.2 Å². The molecule has 1 amide bonds. The first-order chi connectivity index (χ1) is 10.1. The van der Waals surface area contributed by atoms with E-state index < -0.39 is 0 Å². The van der Waals surface area contributed by atoms with Gasteiger partial charge in [-0.3, -0.25) is 4.79 Å². The zero-order valence-corrected chi connectivity index (χ0v) is 12.5. The summed E-state index contributed by atoms with van der Waals surface area (Å²) in [6, 6.07) is 10.0. The lowest BCUT2D eigenvalue weighted by atomic mass is 10.2. The summed E-state index contributed by atoms with van der Waals surface area (Å²) in [7, 11) is 0. The summed E-state index contributed by atoms with van der Waals surface area (Å²) in [5.74, 6) is -0.504. The van der Waals surface area contributed by atoms with Crippen molar-refractivity contribution in [1.82, 2.24) is 14.7 Å². The van der Waals surface area contributed by atoms with E-state index in [0.717, 1.165) is 4.47 Å². The maximum atomic E-state index is 13.1. The number of nitrogens with one attached hydrogen (secondary N) is 1. The molecule has 1 aromatic carbocycles. The van der Waals surface area contributed by atoms with Gasteiger partial charge in [-0.05, 0) is 36.4 Å². The van der Waals surface area contributed by atoms with E-state index in [4.69, 9.17) is 0 Å². The highest BCUT2D eigenvalue weighted by Gasteiger charge is 2.07. The quantitative estimate of drug-likeness (QED) is 0.790. The zero-order chi connectivity index (χ0) is 14.8. The number of aromatic nitrogens is 2. The second-order valence-electron chi connectivity index (χ2n) is 4.53. The fourth-order valence-electron chi connectivity index (χ4n) is 1.98. The molecule has 2 aromatic heterocycles. The maximum Gasteiger partial charge on any atom is 0.251 e. The average molecular weight is 348 g/mol. The minimum absolute atomic E-state index is 0.175. The van der Waals surface area contributed by atoms with Crippen LogP contribution < -0.4 is 5.32 Å². The molecule has 0 bridgehead atoms. The predicted molar refractivity (Wildman–Crippen MR) is 80.5 cm³/mol. The normalized spacial score (nSPS) is 10.8. The van der Waals surface area contributed by atoms with Gasteiger partial charge in [-0.1, -0.05) is 15.9 Å². The standard InChI is InChI=1S/C15H11BrFN3O/c16-11-3-1-10(2-4-11)15(21)18-7-13-9-20-8-12(17)5-6-14(20)19-13/h1-6,8-9H,7H2,(H,18,21). The number of nitrogens with zero attached hydrogens (tertiary/aromatic N) is 2. The lowest BCUT2D eigenvalue weighted by molar-refractivity contribution is 0.0950. The van der Waals surface area contributed by atoms with Crippen LogP contribution in [0.1, 0.15) is 16.1 Å². The third kappa shape index (κ3) is 3.11. The van der Waals surface area contributed by atoms with Crippen LogP contribution in [0.4, 0.5) is 4.39 Å². The van der Waals surface area contributed by atoms with E-state index in [9.17, 15) is 9.18 Å². The number of halogens is 2. The first-order valence-corrected chi connectivity index (χ1v) is 7.08. The number of imidazole rings is 1. The molecule has 0 atom stereocenters. The SMILES string of the molecule is O=C(NCc1cn2cc(F)ccc2n1)c1ccc(Br)cc1. The van der Waals surface area contributed by atoms with Gasteiger partial charge in [-0.25, -0.2) is 9.37 Å². The Morgan fingerprint density at radius 2 is 1.95 bits per heavy atom. The fraction of sp³-hybridized carbons (Fsp3) is 0.0667. The third-order valence-corrected chi connectivity index (χ3v) is 3.53. The number of carbonyl (C=O) groups excluding carboxylic acids is 1. The van der Waals surface area contributed by atoms with Gasteiger partial charge >= 0.3 is 0 Å². The molecule has 1 N–H and O–H groups in total. The second-order valence-corrected chi connectivity index (χ2v) is 5.45. The predicted octanol–water partition coefficient (Wildman–Crippen LogP) is 3.17. The van der Waals surface area contributed by atoms with Crippen LogP contribution in [0.5, 0.6) is 0 Å². The largest absolute Gasteiger partial charge is 0.346 e. The molecule has 0 fully saturated rings. The first kappa shape index (κ1) is 13.8. The van der Waals surface area contributed by atoms with Gasteiger partial charge in [0.05, 0.1) is 12.2 Å². The van der Waals surface area contributed by atoms with Gasteiger partial charge in [0.15, 0.2) is 0 Å². The lowest BCUT2D eigenvalue weighted by Gasteiger charge is -2.03. The molecule has 0 aliphatic carbocycles. The number of carbonyl (C=O) groups is 1. The number of fused-ring (bicyclic) bond motifs is 1. The van der Waals surface area contributed by atoms with E-state index >= 15 is 0 Å². The summed E-state index contributed by atoms with van der Waals surface area (Å²) >= 11 is 3.32. The van der Waals surface area contributed by atoms with E-state index in [1.54, 1.807) is 28.8 Å². The molecule has 0 aliphatic heterocycles. The Kier molecular flexibility index (Phi) is 3.70. The number of benzene rings is 1. The number of amides is 1. The summed E-state index contributed by atoms with van der Waals surface area (Å²) in [5, 5.41) is 2.79. The summed E-state index contributed by atoms with van der Waals surface area (Å²) in [6.07, 6.45) is 3.04. The molecule has 3 aromatic rings. The van der Waals surface area contributed by atoms with Crippen LogP contribution in [-0.2, 0) is 6.54 Å². The van der Waals surface area contributed by atoms with E-state index in [0.29, 0.717) is 16.9 Å². The summed E-state index contributed by atoms with van der Waals surface area (Å²) in [5.41, 5.74) is 1.89. The minimum Gasteiger partial charge on any atom is -0.346 e. The van der Waals surface area contributed by atoms with Crippen molar-refractivity contribution in [3.63, 3.8) is 0 Å². The molecule has 106 valence electrons. The summed E-state index contributed by atoms with van der Waals surface area (Å²) in [6.45, 7) is 0.290. The van der Waals surface area contributed by atoms with Crippen LogP contribution in [0.25, 0.3) is 5.65 Å². The van der Waals surface area contributed by atoms with Gasteiger partial charge in [0.1, 0.15) is 11.5 Å². The number of hydrogen-bond donors (Lipinski definition) is 1. The van der Waals surface area contributed by atoms with E-state index in [1.807, 2.05) is 12.1 Å². The van der Waals surface area contributed by atoms with Crippen molar-refractivity contribution >= 4 is 27.5 Å². The Labute approximate surface area is 128 Å². The molecule has 4 nitrogen and oxygen atoms in total. The molecule has 3 rings (SSSR count). The van der Waals surface area contributed by atoms with Gasteiger partial charge in [0.25, 0.3) is 5.91 Å². The monoisotopic (exact) mass is 347 g/mol. The summed E-state index contributed by atoms with van der Waals surface area (Å²) in [4.78, 5) is 16.3. The highest BCUT2D eigenvalue weighted by atomic mass is 79.9. The first-order valence-electron chi connectivity index (χ1n) is 6.29. The molecule has 0 aliphatic rings.